The largest absolute Gasteiger partial charge is 0.418 e. The van der Waals surface area contributed by atoms with Crippen molar-refractivity contribution in [2.24, 2.45) is 5.92 Å². The van der Waals surface area contributed by atoms with Gasteiger partial charge in [0.15, 0.2) is 0 Å². The molecule has 1 amide bonds. The van der Waals surface area contributed by atoms with Gasteiger partial charge in [0.2, 0.25) is 5.91 Å². The predicted octanol–water partition coefficient (Wildman–Crippen LogP) is 4.23. The van der Waals surface area contributed by atoms with Gasteiger partial charge in [-0.3, -0.25) is 14.9 Å². The molecule has 1 saturated carbocycles. The van der Waals surface area contributed by atoms with Gasteiger partial charge in [-0.05, 0) is 24.8 Å². The number of rotatable bonds is 4. The van der Waals surface area contributed by atoms with Crippen molar-refractivity contribution in [1.29, 1.82) is 0 Å². The van der Waals surface area contributed by atoms with E-state index in [1.807, 2.05) is 0 Å². The summed E-state index contributed by atoms with van der Waals surface area (Å²) in [5, 5.41) is 10.8. The number of non-ortho nitro benzene ring substituents is 1. The molecule has 2 fully saturated rings. The first kappa shape index (κ1) is 20.4. The van der Waals surface area contributed by atoms with Crippen molar-refractivity contribution in [1.82, 2.24) is 4.90 Å². The lowest BCUT2D eigenvalue weighted by Gasteiger charge is -2.37. The molecular weight excluding hydrogens is 375 g/mol. The van der Waals surface area contributed by atoms with Crippen LogP contribution in [0.1, 0.15) is 44.1 Å². The third-order valence-electron chi connectivity index (χ3n) is 5.66. The second-order valence-corrected chi connectivity index (χ2v) is 7.53. The fourth-order valence-electron chi connectivity index (χ4n) is 4.10. The Morgan fingerprint density at radius 2 is 1.75 bits per heavy atom. The quantitative estimate of drug-likeness (QED) is 0.561. The average molecular weight is 399 g/mol. The molecule has 1 aliphatic carbocycles. The normalized spacial score (nSPS) is 19.0. The molecule has 3 rings (SSSR count). The molecule has 0 N–H and O–H groups in total. The summed E-state index contributed by atoms with van der Waals surface area (Å²) in [6.07, 6.45) is 1.52. The van der Waals surface area contributed by atoms with E-state index in [2.05, 4.69) is 0 Å². The SMILES string of the molecule is O=C(CC1CCCCC1)N1CCN(c2ccc([N+](=O)[O-])cc2C(F)(F)F)CC1. The number of hydrogen-bond donors (Lipinski definition) is 0. The third-order valence-corrected chi connectivity index (χ3v) is 5.66. The van der Waals surface area contributed by atoms with E-state index in [0.29, 0.717) is 31.5 Å². The minimum atomic E-state index is -4.69. The van der Waals surface area contributed by atoms with Crippen LogP contribution in [0.15, 0.2) is 18.2 Å². The molecule has 1 aromatic carbocycles. The number of carbonyl (C=O) groups is 1. The summed E-state index contributed by atoms with van der Waals surface area (Å²) in [7, 11) is 0. The molecule has 154 valence electrons. The van der Waals surface area contributed by atoms with Crippen molar-refractivity contribution < 1.29 is 22.9 Å². The lowest BCUT2D eigenvalue weighted by atomic mass is 9.86. The molecular formula is C19H24F3N3O3. The van der Waals surface area contributed by atoms with E-state index >= 15 is 0 Å². The molecule has 1 saturated heterocycles. The summed E-state index contributed by atoms with van der Waals surface area (Å²) in [6.45, 7) is 1.27. The van der Waals surface area contributed by atoms with E-state index in [0.717, 1.165) is 37.8 Å². The van der Waals surface area contributed by atoms with Gasteiger partial charge in [0.25, 0.3) is 5.69 Å². The number of anilines is 1. The maximum Gasteiger partial charge on any atom is 0.418 e. The highest BCUT2D eigenvalue weighted by molar-refractivity contribution is 5.77. The molecule has 1 heterocycles. The van der Waals surface area contributed by atoms with Gasteiger partial charge in [0.1, 0.15) is 0 Å². The Balaban J connectivity index is 1.65. The zero-order chi connectivity index (χ0) is 20.3. The minimum absolute atomic E-state index is 0.0718. The summed E-state index contributed by atoms with van der Waals surface area (Å²) in [5.74, 6) is 0.497. The monoisotopic (exact) mass is 399 g/mol. The number of nitro benzene ring substituents is 1. The highest BCUT2D eigenvalue weighted by atomic mass is 19.4. The molecule has 6 nitrogen and oxygen atoms in total. The van der Waals surface area contributed by atoms with E-state index < -0.39 is 22.4 Å². The molecule has 0 atom stereocenters. The smallest absolute Gasteiger partial charge is 0.367 e. The van der Waals surface area contributed by atoms with Gasteiger partial charge in [-0.25, -0.2) is 0 Å². The second-order valence-electron chi connectivity index (χ2n) is 7.53. The molecule has 0 radical (unpaired) electrons. The summed E-state index contributed by atoms with van der Waals surface area (Å²) < 4.78 is 40.2. The molecule has 2 aliphatic rings. The van der Waals surface area contributed by atoms with Gasteiger partial charge in [-0.2, -0.15) is 13.2 Å². The minimum Gasteiger partial charge on any atom is -0.367 e. The van der Waals surface area contributed by atoms with Crippen LogP contribution in [0.25, 0.3) is 0 Å². The first-order chi connectivity index (χ1) is 13.3. The van der Waals surface area contributed by atoms with Crippen LogP contribution >= 0.6 is 0 Å². The zero-order valence-electron chi connectivity index (χ0n) is 15.6. The molecule has 0 bridgehead atoms. The van der Waals surface area contributed by atoms with E-state index in [1.54, 1.807) is 9.80 Å². The highest BCUT2D eigenvalue weighted by Gasteiger charge is 2.37. The topological polar surface area (TPSA) is 66.7 Å². The molecule has 9 heteroatoms. The Morgan fingerprint density at radius 1 is 1.11 bits per heavy atom. The van der Waals surface area contributed by atoms with Crippen molar-refractivity contribution in [3.05, 3.63) is 33.9 Å². The number of halogens is 3. The van der Waals surface area contributed by atoms with E-state index in [4.69, 9.17) is 0 Å². The Hall–Kier alpha value is -2.32. The second kappa shape index (κ2) is 8.36. The predicted molar refractivity (Wildman–Crippen MR) is 98.1 cm³/mol. The molecule has 1 aromatic rings. The molecule has 0 unspecified atom stereocenters. The van der Waals surface area contributed by atoms with E-state index in [-0.39, 0.29) is 24.7 Å². The lowest BCUT2D eigenvalue weighted by Crippen LogP contribution is -2.49. The number of hydrogen-bond acceptors (Lipinski definition) is 4. The maximum absolute atomic E-state index is 13.4. The fourth-order valence-corrected chi connectivity index (χ4v) is 4.10. The van der Waals surface area contributed by atoms with E-state index in [9.17, 15) is 28.1 Å². The Bertz CT molecular complexity index is 725. The van der Waals surface area contributed by atoms with Crippen LogP contribution < -0.4 is 4.90 Å². The standard InChI is InChI=1S/C19H24F3N3O3/c20-19(21,22)16-13-15(25(27)28)6-7-17(16)23-8-10-24(11-9-23)18(26)12-14-4-2-1-3-5-14/h6-7,13-14H,1-5,8-12H2. The van der Waals surface area contributed by atoms with Crippen molar-refractivity contribution in [2.75, 3.05) is 31.1 Å². The number of amides is 1. The fraction of sp³-hybridized carbons (Fsp3) is 0.632. The maximum atomic E-state index is 13.4. The summed E-state index contributed by atoms with van der Waals surface area (Å²) in [5.41, 5.74) is -1.67. The molecule has 1 aliphatic heterocycles. The highest BCUT2D eigenvalue weighted by Crippen LogP contribution is 2.39. The Kier molecular flexibility index (Phi) is 6.10. The van der Waals surface area contributed by atoms with Gasteiger partial charge in [-0.1, -0.05) is 19.3 Å². The zero-order valence-corrected chi connectivity index (χ0v) is 15.6. The Morgan fingerprint density at radius 3 is 2.32 bits per heavy atom. The van der Waals surface area contributed by atoms with Crippen LogP contribution in [0.3, 0.4) is 0 Å². The first-order valence-electron chi connectivity index (χ1n) is 9.64. The Labute approximate surface area is 161 Å². The van der Waals surface area contributed by atoms with Crippen LogP contribution in [0.2, 0.25) is 0 Å². The summed E-state index contributed by atoms with van der Waals surface area (Å²) >= 11 is 0. The van der Waals surface area contributed by atoms with Crippen LogP contribution in [0.5, 0.6) is 0 Å². The number of carbonyl (C=O) groups excluding carboxylic acids is 1. The van der Waals surface area contributed by atoms with Gasteiger partial charge in [-0.15, -0.1) is 0 Å². The third kappa shape index (κ3) is 4.74. The number of nitrogens with zero attached hydrogens (tertiary/aromatic N) is 3. The number of nitro groups is 1. The van der Waals surface area contributed by atoms with Crippen molar-refractivity contribution in [3.8, 4) is 0 Å². The summed E-state index contributed by atoms with van der Waals surface area (Å²) in [6, 6.07) is 2.82. The van der Waals surface area contributed by atoms with Gasteiger partial charge >= 0.3 is 6.18 Å². The van der Waals surface area contributed by atoms with Crippen LogP contribution in [0.4, 0.5) is 24.5 Å². The average Bonchev–Trinajstić information content (AvgIpc) is 2.67. The molecule has 0 aromatic heterocycles. The van der Waals surface area contributed by atoms with Crippen LogP contribution in [0, 0.1) is 16.0 Å². The molecule has 0 spiro atoms. The lowest BCUT2D eigenvalue weighted by molar-refractivity contribution is -0.385. The van der Waals surface area contributed by atoms with Crippen molar-refractivity contribution >= 4 is 17.3 Å². The summed E-state index contributed by atoms with van der Waals surface area (Å²) in [4.78, 5) is 25.8. The first-order valence-corrected chi connectivity index (χ1v) is 9.64. The van der Waals surface area contributed by atoms with Crippen LogP contribution in [-0.2, 0) is 11.0 Å². The number of alkyl halides is 3. The van der Waals surface area contributed by atoms with Crippen LogP contribution in [-0.4, -0.2) is 41.9 Å². The number of benzene rings is 1. The number of piperazine rings is 1. The van der Waals surface area contributed by atoms with Crippen molar-refractivity contribution in [2.45, 2.75) is 44.7 Å². The van der Waals surface area contributed by atoms with E-state index in [1.165, 1.54) is 6.42 Å². The van der Waals surface area contributed by atoms with Gasteiger partial charge in [0, 0.05) is 50.4 Å². The van der Waals surface area contributed by atoms with Crippen molar-refractivity contribution in [3.63, 3.8) is 0 Å². The van der Waals surface area contributed by atoms with Gasteiger partial charge in [0.05, 0.1) is 10.5 Å². The van der Waals surface area contributed by atoms with Gasteiger partial charge < -0.3 is 9.80 Å². The molecule has 28 heavy (non-hydrogen) atoms.